The van der Waals surface area contributed by atoms with E-state index in [0.29, 0.717) is 13.1 Å². The zero-order chi connectivity index (χ0) is 17.2. The molecule has 0 N–H and O–H groups in total. The zero-order valence-corrected chi connectivity index (χ0v) is 14.2. The molecule has 0 aliphatic carbocycles. The summed E-state index contributed by atoms with van der Waals surface area (Å²) in [6.45, 7) is 1.66. The minimum atomic E-state index is 0.287. The minimum absolute atomic E-state index is 0.287. The summed E-state index contributed by atoms with van der Waals surface area (Å²) in [6.07, 6.45) is 4.63. The molecule has 2 aromatic heterocycles. The Morgan fingerprint density at radius 2 is 2.08 bits per heavy atom. The molecule has 0 bridgehead atoms. The molecule has 1 aliphatic heterocycles. The van der Waals surface area contributed by atoms with Gasteiger partial charge in [-0.25, -0.2) is 4.68 Å². The molecular weight excluding hydrogens is 322 g/mol. The fourth-order valence-corrected chi connectivity index (χ4v) is 2.85. The molecule has 3 heterocycles. The minimum Gasteiger partial charge on any atom is -0.454 e. The van der Waals surface area contributed by atoms with Crippen molar-refractivity contribution in [2.75, 3.05) is 18.7 Å². The summed E-state index contributed by atoms with van der Waals surface area (Å²) >= 11 is 0. The Bertz CT molecular complexity index is 873. The van der Waals surface area contributed by atoms with Crippen LogP contribution in [0, 0.1) is 0 Å². The summed E-state index contributed by atoms with van der Waals surface area (Å²) in [7, 11) is 3.87. The number of ether oxygens (including phenoxy) is 2. The second kappa shape index (κ2) is 6.42. The molecule has 0 unspecified atom stereocenters. The van der Waals surface area contributed by atoms with Gasteiger partial charge in [0.25, 0.3) is 0 Å². The van der Waals surface area contributed by atoms with Crippen molar-refractivity contribution in [2.45, 2.75) is 19.5 Å². The lowest BCUT2D eigenvalue weighted by atomic mass is 10.1. The first-order chi connectivity index (χ1) is 12.2. The molecule has 0 saturated carbocycles. The normalized spacial score (nSPS) is 12.6. The summed E-state index contributed by atoms with van der Waals surface area (Å²) in [5.41, 5.74) is 2.26. The van der Waals surface area contributed by atoms with Crippen LogP contribution in [0.25, 0.3) is 0 Å². The molecule has 9 heteroatoms. The summed E-state index contributed by atoms with van der Waals surface area (Å²) in [4.78, 5) is 2.01. The molecule has 0 spiro atoms. The molecule has 0 saturated heterocycles. The predicted molar refractivity (Wildman–Crippen MR) is 89.4 cm³/mol. The monoisotopic (exact) mass is 341 g/mol. The van der Waals surface area contributed by atoms with Crippen LogP contribution in [-0.2, 0) is 26.6 Å². The molecule has 1 aliphatic rings. The lowest BCUT2D eigenvalue weighted by Crippen LogP contribution is -2.21. The van der Waals surface area contributed by atoms with Gasteiger partial charge in [-0.1, -0.05) is 11.2 Å². The standard InChI is InChI=1S/C16H19N7O2/c1-21(9-13-8-17-22(2)10-13)16-18-19-20-23(16)6-5-12-3-4-14-15(7-12)25-11-24-14/h3-4,7-8,10H,5-6,9,11H2,1-2H3. The van der Waals surface area contributed by atoms with Gasteiger partial charge in [-0.15, -0.1) is 0 Å². The van der Waals surface area contributed by atoms with Crippen molar-refractivity contribution in [3.8, 4) is 11.5 Å². The van der Waals surface area contributed by atoms with Gasteiger partial charge in [-0.3, -0.25) is 4.68 Å². The fourth-order valence-electron chi connectivity index (χ4n) is 2.85. The van der Waals surface area contributed by atoms with E-state index in [1.54, 1.807) is 9.36 Å². The van der Waals surface area contributed by atoms with Crippen LogP contribution in [0.3, 0.4) is 0 Å². The lowest BCUT2D eigenvalue weighted by molar-refractivity contribution is 0.174. The van der Waals surface area contributed by atoms with Crippen LogP contribution >= 0.6 is 0 Å². The lowest BCUT2D eigenvalue weighted by Gasteiger charge is -2.16. The molecule has 3 aromatic rings. The van der Waals surface area contributed by atoms with Crippen LogP contribution in [0.1, 0.15) is 11.1 Å². The maximum Gasteiger partial charge on any atom is 0.245 e. The second-order valence-electron chi connectivity index (χ2n) is 6.02. The van der Waals surface area contributed by atoms with E-state index >= 15 is 0 Å². The van der Waals surface area contributed by atoms with Gasteiger partial charge in [-0.2, -0.15) is 5.10 Å². The molecule has 0 fully saturated rings. The number of benzene rings is 1. The maximum absolute atomic E-state index is 5.42. The van der Waals surface area contributed by atoms with Crippen LogP contribution in [0.4, 0.5) is 5.95 Å². The van der Waals surface area contributed by atoms with E-state index in [-0.39, 0.29) is 6.79 Å². The molecular formula is C16H19N7O2. The highest BCUT2D eigenvalue weighted by Gasteiger charge is 2.15. The van der Waals surface area contributed by atoms with Gasteiger partial charge < -0.3 is 14.4 Å². The Kier molecular flexibility index (Phi) is 3.96. The zero-order valence-electron chi connectivity index (χ0n) is 14.2. The first-order valence-corrected chi connectivity index (χ1v) is 8.02. The van der Waals surface area contributed by atoms with Crippen LogP contribution < -0.4 is 14.4 Å². The van der Waals surface area contributed by atoms with E-state index in [2.05, 4.69) is 20.6 Å². The van der Waals surface area contributed by atoms with Crippen molar-refractivity contribution in [2.24, 2.45) is 7.05 Å². The number of hydrogen-bond donors (Lipinski definition) is 0. The van der Waals surface area contributed by atoms with E-state index in [0.717, 1.165) is 35.0 Å². The topological polar surface area (TPSA) is 83.1 Å². The van der Waals surface area contributed by atoms with Gasteiger partial charge in [-0.05, 0) is 34.5 Å². The van der Waals surface area contributed by atoms with Gasteiger partial charge in [0.1, 0.15) is 0 Å². The SMILES string of the molecule is CN(Cc1cnn(C)c1)c1nnnn1CCc1ccc2c(c1)OCO2. The molecule has 0 amide bonds. The predicted octanol–water partition coefficient (Wildman–Crippen LogP) is 1.01. The van der Waals surface area contributed by atoms with Crippen LogP contribution in [0.15, 0.2) is 30.6 Å². The van der Waals surface area contributed by atoms with Crippen molar-refractivity contribution in [3.63, 3.8) is 0 Å². The number of anilines is 1. The van der Waals surface area contributed by atoms with E-state index in [4.69, 9.17) is 9.47 Å². The molecule has 4 rings (SSSR count). The third-order valence-corrected chi connectivity index (χ3v) is 4.08. The van der Waals surface area contributed by atoms with Crippen molar-refractivity contribution in [1.82, 2.24) is 30.0 Å². The Morgan fingerprint density at radius 3 is 2.92 bits per heavy atom. The molecule has 1 aromatic carbocycles. The van der Waals surface area contributed by atoms with Gasteiger partial charge in [0.15, 0.2) is 11.5 Å². The maximum atomic E-state index is 5.42. The quantitative estimate of drug-likeness (QED) is 0.662. The van der Waals surface area contributed by atoms with Gasteiger partial charge >= 0.3 is 0 Å². The first kappa shape index (κ1) is 15.4. The van der Waals surface area contributed by atoms with Gasteiger partial charge in [0.2, 0.25) is 12.7 Å². The van der Waals surface area contributed by atoms with Crippen LogP contribution in [0.2, 0.25) is 0 Å². The third-order valence-electron chi connectivity index (χ3n) is 4.08. The number of rotatable bonds is 6. The van der Waals surface area contributed by atoms with Crippen molar-refractivity contribution >= 4 is 5.95 Å². The number of nitrogens with zero attached hydrogens (tertiary/aromatic N) is 7. The second-order valence-corrected chi connectivity index (χ2v) is 6.02. The fraction of sp³-hybridized carbons (Fsp3) is 0.375. The molecule has 9 nitrogen and oxygen atoms in total. The highest BCUT2D eigenvalue weighted by molar-refractivity contribution is 5.44. The summed E-state index contributed by atoms with van der Waals surface area (Å²) in [6, 6.07) is 5.98. The van der Waals surface area contributed by atoms with Crippen LogP contribution in [-0.4, -0.2) is 43.8 Å². The number of hydrogen-bond acceptors (Lipinski definition) is 7. The van der Waals surface area contributed by atoms with E-state index in [1.165, 1.54) is 0 Å². The first-order valence-electron chi connectivity index (χ1n) is 8.02. The number of fused-ring (bicyclic) bond motifs is 1. The van der Waals surface area contributed by atoms with Gasteiger partial charge in [0.05, 0.1) is 12.7 Å². The molecule has 130 valence electrons. The Balaban J connectivity index is 1.42. The van der Waals surface area contributed by atoms with Crippen LogP contribution in [0.5, 0.6) is 11.5 Å². The average Bonchev–Trinajstić information content (AvgIpc) is 3.32. The molecule has 25 heavy (non-hydrogen) atoms. The summed E-state index contributed by atoms with van der Waals surface area (Å²) in [5.74, 6) is 2.32. The number of tetrazole rings is 1. The van der Waals surface area contributed by atoms with E-state index < -0.39 is 0 Å². The highest BCUT2D eigenvalue weighted by Crippen LogP contribution is 2.32. The molecule has 0 radical (unpaired) electrons. The smallest absolute Gasteiger partial charge is 0.245 e. The Labute approximate surface area is 144 Å². The summed E-state index contributed by atoms with van der Waals surface area (Å²) < 4.78 is 14.4. The number of aryl methyl sites for hydroxylation is 3. The van der Waals surface area contributed by atoms with Crippen molar-refractivity contribution in [3.05, 3.63) is 41.7 Å². The van der Waals surface area contributed by atoms with Gasteiger partial charge in [0, 0.05) is 32.4 Å². The van der Waals surface area contributed by atoms with Crippen molar-refractivity contribution < 1.29 is 9.47 Å². The largest absolute Gasteiger partial charge is 0.454 e. The van der Waals surface area contributed by atoms with E-state index in [9.17, 15) is 0 Å². The van der Waals surface area contributed by atoms with Crippen molar-refractivity contribution in [1.29, 1.82) is 0 Å². The third kappa shape index (κ3) is 3.25. The Hall–Kier alpha value is -3.10. The number of aromatic nitrogens is 6. The highest BCUT2D eigenvalue weighted by atomic mass is 16.7. The van der Waals surface area contributed by atoms with E-state index in [1.807, 2.05) is 49.6 Å². The summed E-state index contributed by atoms with van der Waals surface area (Å²) in [5, 5.41) is 16.3. The Morgan fingerprint density at radius 1 is 1.20 bits per heavy atom. The average molecular weight is 341 g/mol. The molecule has 0 atom stereocenters.